The molecular weight excluding hydrogens is 96.4 g/mol. The van der Waals surface area contributed by atoms with Gasteiger partial charge in [0.05, 0.1) is 0 Å². The Balaban J connectivity index is 2.14. The van der Waals surface area contributed by atoms with Crippen LogP contribution in [-0.2, 0) is 0 Å². The van der Waals surface area contributed by atoms with Gasteiger partial charge in [-0.1, -0.05) is 25.7 Å². The summed E-state index contributed by atoms with van der Waals surface area (Å²) in [5, 5.41) is 2.44. The summed E-state index contributed by atoms with van der Waals surface area (Å²) in [6.07, 6.45) is 6.21. The Morgan fingerprint density at radius 1 is 1.29 bits per heavy atom. The van der Waals surface area contributed by atoms with E-state index in [2.05, 4.69) is 5.05 Å². The van der Waals surface area contributed by atoms with Crippen LogP contribution in [0.5, 0.6) is 0 Å². The van der Waals surface area contributed by atoms with Crippen LogP contribution in [0.15, 0.2) is 0 Å². The minimum Gasteiger partial charge on any atom is -0.157 e. The normalized spacial score (nSPS) is 22.4. The fraction of sp³-hybridized carbons (Fsp3) is 1.00. The summed E-state index contributed by atoms with van der Waals surface area (Å²) in [5.74, 6) is 0. The fourth-order valence-electron chi connectivity index (χ4n) is 1.42. The average Bonchev–Trinajstić information content (AvgIpc) is 2.14. The smallest absolute Gasteiger partial charge is 0.157 e. The van der Waals surface area contributed by atoms with Crippen molar-refractivity contribution in [2.75, 3.05) is 0 Å². The van der Waals surface area contributed by atoms with E-state index in [9.17, 15) is 0 Å². The van der Waals surface area contributed by atoms with Gasteiger partial charge in [0.15, 0.2) is 0 Å². The third kappa shape index (κ3) is 1.61. The Labute approximate surface area is 55.4 Å². The van der Waals surface area contributed by atoms with E-state index in [0.29, 0.717) is 20.4 Å². The van der Waals surface area contributed by atoms with E-state index in [1.165, 1.54) is 16.9 Å². The Hall–Kier alpha value is 0.766. The summed E-state index contributed by atoms with van der Waals surface area (Å²) in [5.41, 5.74) is 0. The van der Waals surface area contributed by atoms with Crippen molar-refractivity contribution >= 4 is 20.4 Å². The summed E-state index contributed by atoms with van der Waals surface area (Å²) >= 11 is 0.390. The lowest BCUT2D eigenvalue weighted by atomic mass is 10.4. The standard InChI is InChI=1S/C5H9.CH3.Mg/c1-2-4-5-3-1;;/h1H,2-5H2;1H3;. The Morgan fingerprint density at radius 3 is 2.14 bits per heavy atom. The highest BCUT2D eigenvalue weighted by molar-refractivity contribution is 6.35. The second kappa shape index (κ2) is 2.93. The molecule has 1 heteroatoms. The van der Waals surface area contributed by atoms with Crippen LogP contribution in [0.1, 0.15) is 25.7 Å². The van der Waals surface area contributed by atoms with E-state index >= 15 is 0 Å². The summed E-state index contributed by atoms with van der Waals surface area (Å²) in [6, 6.07) is 0. The largest absolute Gasteiger partial charge is 0.364 e. The van der Waals surface area contributed by atoms with E-state index in [-0.39, 0.29) is 0 Å². The SMILES string of the molecule is [CH3][Mg][CH]1CCCC1. The zero-order chi connectivity index (χ0) is 5.11. The summed E-state index contributed by atoms with van der Waals surface area (Å²) < 4.78 is 1.24. The highest BCUT2D eigenvalue weighted by Gasteiger charge is 2.12. The molecule has 1 fully saturated rings. The molecular formula is C6H12Mg. The lowest BCUT2D eigenvalue weighted by Gasteiger charge is -1.97. The van der Waals surface area contributed by atoms with Gasteiger partial charge in [0, 0.05) is 0 Å². The Morgan fingerprint density at radius 2 is 1.86 bits per heavy atom. The molecule has 1 aliphatic rings. The first kappa shape index (κ1) is 5.89. The van der Waals surface area contributed by atoms with Gasteiger partial charge < -0.3 is 0 Å². The van der Waals surface area contributed by atoms with Gasteiger partial charge in [0.25, 0.3) is 0 Å². The van der Waals surface area contributed by atoms with Gasteiger partial charge >= 0.3 is 20.4 Å². The lowest BCUT2D eigenvalue weighted by Crippen LogP contribution is -1.90. The van der Waals surface area contributed by atoms with E-state index in [1.54, 1.807) is 12.8 Å². The maximum absolute atomic E-state index is 2.44. The predicted molar refractivity (Wildman–Crippen MR) is 33.8 cm³/mol. The van der Waals surface area contributed by atoms with Crippen LogP contribution in [0.3, 0.4) is 0 Å². The van der Waals surface area contributed by atoms with Crippen molar-refractivity contribution in [2.45, 2.75) is 34.8 Å². The second-order valence-corrected chi connectivity index (χ2v) is 4.53. The van der Waals surface area contributed by atoms with Crippen LogP contribution in [0, 0.1) is 0 Å². The molecule has 0 bridgehead atoms. The van der Waals surface area contributed by atoms with Crippen LogP contribution >= 0.6 is 0 Å². The van der Waals surface area contributed by atoms with Gasteiger partial charge in [-0.2, -0.15) is 5.05 Å². The Kier molecular flexibility index (Phi) is 2.47. The second-order valence-electron chi connectivity index (χ2n) is 2.56. The van der Waals surface area contributed by atoms with Gasteiger partial charge in [-0.3, -0.25) is 0 Å². The fourth-order valence-corrected chi connectivity index (χ4v) is 2.81. The van der Waals surface area contributed by atoms with Crippen molar-refractivity contribution in [3.63, 3.8) is 0 Å². The molecule has 0 nitrogen and oxygen atoms in total. The first-order valence-electron chi connectivity index (χ1n) is 3.43. The first-order chi connectivity index (χ1) is 3.43. The zero-order valence-corrected chi connectivity index (χ0v) is 6.53. The molecule has 0 aliphatic heterocycles. The summed E-state index contributed by atoms with van der Waals surface area (Å²) in [7, 11) is 0. The average molecular weight is 108 g/mol. The van der Waals surface area contributed by atoms with Crippen molar-refractivity contribution in [1.82, 2.24) is 0 Å². The molecule has 1 rings (SSSR count). The van der Waals surface area contributed by atoms with Crippen molar-refractivity contribution in [2.24, 2.45) is 0 Å². The van der Waals surface area contributed by atoms with Crippen molar-refractivity contribution in [3.8, 4) is 0 Å². The number of hydrogen-bond acceptors (Lipinski definition) is 0. The minimum absolute atomic E-state index is 0.390. The van der Waals surface area contributed by atoms with E-state index in [0.717, 1.165) is 0 Å². The van der Waals surface area contributed by atoms with E-state index in [1.807, 2.05) is 0 Å². The third-order valence-electron chi connectivity index (χ3n) is 2.05. The molecule has 0 atom stereocenters. The van der Waals surface area contributed by atoms with E-state index < -0.39 is 0 Å². The van der Waals surface area contributed by atoms with Gasteiger partial charge in [-0.15, -0.1) is 4.05 Å². The van der Waals surface area contributed by atoms with Gasteiger partial charge in [-0.25, -0.2) is 0 Å². The van der Waals surface area contributed by atoms with Gasteiger partial charge in [0.1, 0.15) is 0 Å². The topological polar surface area (TPSA) is 0 Å². The van der Waals surface area contributed by atoms with Crippen LogP contribution < -0.4 is 0 Å². The summed E-state index contributed by atoms with van der Waals surface area (Å²) in [4.78, 5) is 0. The van der Waals surface area contributed by atoms with Crippen LogP contribution in [-0.4, -0.2) is 20.4 Å². The Bertz CT molecular complexity index is 46.1. The third-order valence-corrected chi connectivity index (χ3v) is 4.02. The highest BCUT2D eigenvalue weighted by atomic mass is 24.5. The lowest BCUT2D eigenvalue weighted by molar-refractivity contribution is 0.869. The van der Waals surface area contributed by atoms with Crippen molar-refractivity contribution in [3.05, 3.63) is 0 Å². The van der Waals surface area contributed by atoms with Crippen molar-refractivity contribution < 1.29 is 0 Å². The van der Waals surface area contributed by atoms with Crippen LogP contribution in [0.4, 0.5) is 0 Å². The molecule has 38 valence electrons. The highest BCUT2D eigenvalue weighted by Crippen LogP contribution is 2.28. The molecule has 0 unspecified atom stereocenters. The number of hydrogen-bond donors (Lipinski definition) is 0. The predicted octanol–water partition coefficient (Wildman–Crippen LogP) is 2.10. The molecule has 0 radical (unpaired) electrons. The zero-order valence-electron chi connectivity index (χ0n) is 5.11. The molecule has 1 aliphatic carbocycles. The number of rotatable bonds is 1. The van der Waals surface area contributed by atoms with Crippen LogP contribution in [0.25, 0.3) is 0 Å². The molecule has 0 spiro atoms. The minimum atomic E-state index is 0.390. The maximum Gasteiger partial charge on any atom is 0.364 e. The molecule has 1 saturated carbocycles. The maximum atomic E-state index is 2.44. The van der Waals surface area contributed by atoms with Crippen LogP contribution in [0.2, 0.25) is 9.10 Å². The van der Waals surface area contributed by atoms with Gasteiger partial charge in [-0.05, 0) is 0 Å². The quantitative estimate of drug-likeness (QED) is 0.451. The molecule has 0 saturated heterocycles. The molecule has 0 aromatic rings. The summed E-state index contributed by atoms with van der Waals surface area (Å²) in [6.45, 7) is 0. The molecule has 0 aromatic heterocycles. The van der Waals surface area contributed by atoms with E-state index in [4.69, 9.17) is 0 Å². The molecule has 0 aromatic carbocycles. The van der Waals surface area contributed by atoms with Gasteiger partial charge in [0.2, 0.25) is 0 Å². The monoisotopic (exact) mass is 108 g/mol. The first-order valence-corrected chi connectivity index (χ1v) is 5.66. The molecule has 0 N–H and O–H groups in total. The molecule has 7 heavy (non-hydrogen) atoms. The molecule has 0 heterocycles. The molecule has 0 amide bonds. The van der Waals surface area contributed by atoms with Crippen molar-refractivity contribution in [1.29, 1.82) is 0 Å².